The summed E-state index contributed by atoms with van der Waals surface area (Å²) in [6.45, 7) is 8.79. The van der Waals surface area contributed by atoms with Crippen LogP contribution in [0.15, 0.2) is 0 Å². The van der Waals surface area contributed by atoms with Crippen LogP contribution >= 0.6 is 0 Å². The Hall–Kier alpha value is -1.30. The van der Waals surface area contributed by atoms with Crippen molar-refractivity contribution in [3.8, 4) is 0 Å². The SMILES string of the molecule is CN1C(=O)C[C@H](N)[C@H]1C1(C)CN(C(=O)OC(C)(C)C)C1. The van der Waals surface area contributed by atoms with E-state index in [1.54, 1.807) is 16.8 Å². The average Bonchev–Trinajstić information content (AvgIpc) is 2.46. The van der Waals surface area contributed by atoms with Gasteiger partial charge in [0.05, 0.1) is 6.04 Å². The third-order valence-corrected chi connectivity index (χ3v) is 4.10. The van der Waals surface area contributed by atoms with E-state index in [0.717, 1.165) is 0 Å². The standard InChI is InChI=1S/C14H25N3O3/c1-13(2,3)20-12(19)17-7-14(4,8-17)11-9(15)6-10(18)16(11)5/h9,11H,6-8,15H2,1-5H3/t9-,11-/m0/s1. The van der Waals surface area contributed by atoms with Crippen molar-refractivity contribution in [1.82, 2.24) is 9.80 Å². The van der Waals surface area contributed by atoms with Crippen LogP contribution in [0, 0.1) is 5.41 Å². The van der Waals surface area contributed by atoms with Gasteiger partial charge in [-0.15, -0.1) is 0 Å². The minimum absolute atomic E-state index is 0.00585. The first-order valence-corrected chi connectivity index (χ1v) is 7.03. The summed E-state index contributed by atoms with van der Waals surface area (Å²) in [5.74, 6) is 0.0828. The van der Waals surface area contributed by atoms with Crippen LogP contribution in [0.2, 0.25) is 0 Å². The smallest absolute Gasteiger partial charge is 0.410 e. The molecule has 2 N–H and O–H groups in total. The lowest BCUT2D eigenvalue weighted by Crippen LogP contribution is -2.67. The van der Waals surface area contributed by atoms with E-state index in [2.05, 4.69) is 6.92 Å². The predicted molar refractivity (Wildman–Crippen MR) is 75.1 cm³/mol. The highest BCUT2D eigenvalue weighted by Crippen LogP contribution is 2.40. The zero-order valence-corrected chi connectivity index (χ0v) is 13.0. The number of carbonyl (C=O) groups is 2. The lowest BCUT2D eigenvalue weighted by molar-refractivity contribution is -0.131. The Labute approximate surface area is 120 Å². The number of likely N-dealkylation sites (N-methyl/N-ethyl adjacent to an activating group) is 1. The summed E-state index contributed by atoms with van der Waals surface area (Å²) in [7, 11) is 1.79. The Kier molecular flexibility index (Phi) is 3.48. The van der Waals surface area contributed by atoms with Crippen molar-refractivity contribution >= 4 is 12.0 Å². The van der Waals surface area contributed by atoms with E-state index in [1.807, 2.05) is 20.8 Å². The van der Waals surface area contributed by atoms with Crippen LogP contribution in [0.4, 0.5) is 4.79 Å². The Balaban J connectivity index is 1.97. The predicted octanol–water partition coefficient (Wildman–Crippen LogP) is 0.801. The molecule has 6 nitrogen and oxygen atoms in total. The van der Waals surface area contributed by atoms with Crippen molar-refractivity contribution in [2.45, 2.75) is 51.8 Å². The summed E-state index contributed by atoms with van der Waals surface area (Å²) in [6.07, 6.45) is 0.0962. The van der Waals surface area contributed by atoms with Crippen molar-refractivity contribution < 1.29 is 14.3 Å². The summed E-state index contributed by atoms with van der Waals surface area (Å²) >= 11 is 0. The van der Waals surface area contributed by atoms with Crippen LogP contribution in [0.1, 0.15) is 34.1 Å². The molecule has 2 atom stereocenters. The van der Waals surface area contributed by atoms with E-state index in [0.29, 0.717) is 19.5 Å². The van der Waals surface area contributed by atoms with E-state index in [9.17, 15) is 9.59 Å². The second-order valence-corrected chi connectivity index (χ2v) is 7.31. The number of ether oxygens (including phenoxy) is 1. The normalized spacial score (nSPS) is 29.4. The molecule has 2 rings (SSSR count). The molecule has 6 heteroatoms. The van der Waals surface area contributed by atoms with Crippen molar-refractivity contribution in [3.63, 3.8) is 0 Å². The lowest BCUT2D eigenvalue weighted by Gasteiger charge is -2.53. The molecule has 2 heterocycles. The molecule has 0 bridgehead atoms. The molecule has 2 aliphatic rings. The zero-order chi connectivity index (χ0) is 15.3. The summed E-state index contributed by atoms with van der Waals surface area (Å²) < 4.78 is 5.35. The molecule has 0 aromatic heterocycles. The van der Waals surface area contributed by atoms with Gasteiger partial charge >= 0.3 is 6.09 Å². The summed E-state index contributed by atoms with van der Waals surface area (Å²) in [4.78, 5) is 27.1. The molecule has 2 amide bonds. The highest BCUT2D eigenvalue weighted by Gasteiger charge is 2.54. The van der Waals surface area contributed by atoms with Crippen molar-refractivity contribution in [1.29, 1.82) is 0 Å². The van der Waals surface area contributed by atoms with Gasteiger partial charge in [0, 0.05) is 38.0 Å². The molecule has 20 heavy (non-hydrogen) atoms. The van der Waals surface area contributed by atoms with Gasteiger partial charge in [-0.2, -0.15) is 0 Å². The number of hydrogen-bond acceptors (Lipinski definition) is 4. The Morgan fingerprint density at radius 3 is 2.35 bits per heavy atom. The molecular weight excluding hydrogens is 258 g/mol. The minimum Gasteiger partial charge on any atom is -0.444 e. The maximum atomic E-state index is 12.0. The Morgan fingerprint density at radius 2 is 1.95 bits per heavy atom. The molecule has 0 unspecified atom stereocenters. The van der Waals surface area contributed by atoms with Crippen LogP contribution in [-0.2, 0) is 9.53 Å². The molecule has 2 fully saturated rings. The maximum Gasteiger partial charge on any atom is 0.410 e. The maximum absolute atomic E-state index is 12.0. The molecule has 2 aliphatic heterocycles. The lowest BCUT2D eigenvalue weighted by atomic mass is 9.73. The average molecular weight is 283 g/mol. The molecular formula is C14H25N3O3. The highest BCUT2D eigenvalue weighted by atomic mass is 16.6. The molecule has 0 saturated carbocycles. The molecule has 0 aromatic carbocycles. The number of rotatable bonds is 1. The van der Waals surface area contributed by atoms with Gasteiger partial charge in [0.2, 0.25) is 5.91 Å². The van der Waals surface area contributed by atoms with Gasteiger partial charge in [-0.25, -0.2) is 4.79 Å². The number of nitrogens with zero attached hydrogens (tertiary/aromatic N) is 2. The topological polar surface area (TPSA) is 75.9 Å². The van der Waals surface area contributed by atoms with E-state index in [1.165, 1.54) is 0 Å². The van der Waals surface area contributed by atoms with Crippen molar-refractivity contribution in [3.05, 3.63) is 0 Å². The van der Waals surface area contributed by atoms with Gasteiger partial charge in [0.25, 0.3) is 0 Å². The molecule has 0 aromatic rings. The number of hydrogen-bond donors (Lipinski definition) is 1. The van der Waals surface area contributed by atoms with Crippen LogP contribution in [0.3, 0.4) is 0 Å². The third kappa shape index (κ3) is 2.61. The zero-order valence-electron chi connectivity index (χ0n) is 13.0. The van der Waals surface area contributed by atoms with Gasteiger partial charge in [-0.05, 0) is 20.8 Å². The van der Waals surface area contributed by atoms with Gasteiger partial charge in [-0.3, -0.25) is 4.79 Å². The fourth-order valence-electron chi connectivity index (χ4n) is 3.35. The monoisotopic (exact) mass is 283 g/mol. The first-order chi connectivity index (χ1) is 9.03. The second kappa shape index (κ2) is 4.62. The largest absolute Gasteiger partial charge is 0.444 e. The van der Waals surface area contributed by atoms with Gasteiger partial charge in [-0.1, -0.05) is 6.92 Å². The third-order valence-electron chi connectivity index (χ3n) is 4.10. The van der Waals surface area contributed by atoms with Crippen molar-refractivity contribution in [2.75, 3.05) is 20.1 Å². The summed E-state index contributed by atoms with van der Waals surface area (Å²) in [5, 5.41) is 0. The van der Waals surface area contributed by atoms with E-state index < -0.39 is 5.60 Å². The first-order valence-electron chi connectivity index (χ1n) is 7.03. The highest BCUT2D eigenvalue weighted by molar-refractivity contribution is 5.80. The van der Waals surface area contributed by atoms with E-state index in [4.69, 9.17) is 10.5 Å². The van der Waals surface area contributed by atoms with Crippen molar-refractivity contribution in [2.24, 2.45) is 11.1 Å². The van der Waals surface area contributed by atoms with Crippen LogP contribution in [-0.4, -0.2) is 59.6 Å². The summed E-state index contributed by atoms with van der Waals surface area (Å²) in [5.41, 5.74) is 5.45. The minimum atomic E-state index is -0.487. The van der Waals surface area contributed by atoms with Crippen LogP contribution in [0.5, 0.6) is 0 Å². The number of amides is 2. The molecule has 0 aliphatic carbocycles. The van der Waals surface area contributed by atoms with Gasteiger partial charge in [0.1, 0.15) is 5.60 Å². The Bertz CT molecular complexity index is 424. The first kappa shape index (κ1) is 15.1. The number of nitrogens with two attached hydrogens (primary N) is 1. The van der Waals surface area contributed by atoms with E-state index >= 15 is 0 Å². The van der Waals surface area contributed by atoms with E-state index in [-0.39, 0.29) is 29.5 Å². The van der Waals surface area contributed by atoms with Crippen LogP contribution < -0.4 is 5.73 Å². The Morgan fingerprint density at radius 1 is 1.40 bits per heavy atom. The van der Waals surface area contributed by atoms with Crippen LogP contribution in [0.25, 0.3) is 0 Å². The van der Waals surface area contributed by atoms with Gasteiger partial charge < -0.3 is 20.3 Å². The molecule has 0 radical (unpaired) electrons. The second-order valence-electron chi connectivity index (χ2n) is 7.31. The molecule has 114 valence electrons. The molecule has 2 saturated heterocycles. The number of likely N-dealkylation sites (tertiary alicyclic amines) is 2. The fourth-order valence-corrected chi connectivity index (χ4v) is 3.35. The summed E-state index contributed by atoms with van der Waals surface area (Å²) in [6, 6.07) is -0.160. The quantitative estimate of drug-likeness (QED) is 0.772. The number of carbonyl (C=O) groups excluding carboxylic acids is 2. The fraction of sp³-hybridized carbons (Fsp3) is 0.857. The molecule has 0 spiro atoms. The van der Waals surface area contributed by atoms with Gasteiger partial charge in [0.15, 0.2) is 0 Å².